The Morgan fingerprint density at radius 2 is 1.96 bits per heavy atom. The lowest BCUT2D eigenvalue weighted by Crippen LogP contribution is -2.15. The van der Waals surface area contributed by atoms with Gasteiger partial charge in [0.25, 0.3) is 3.91 Å². The lowest BCUT2D eigenvalue weighted by Gasteiger charge is -2.27. The molecule has 0 bridgehead atoms. The van der Waals surface area contributed by atoms with Crippen molar-refractivity contribution in [3.63, 3.8) is 0 Å². The Morgan fingerprint density at radius 1 is 1.15 bits per heavy atom. The molecule has 0 saturated heterocycles. The second-order valence-electron chi connectivity index (χ2n) is 5.98. The summed E-state index contributed by atoms with van der Waals surface area (Å²) in [5.74, 6) is 0.452. The van der Waals surface area contributed by atoms with Crippen LogP contribution < -0.4 is 5.32 Å². The number of benzene rings is 2. The number of nitrogens with zero attached hydrogens (tertiary/aromatic N) is 2. The standard InChI is InChI=1S/C19H12Cl2IN3O/c20-15-6-5-10(8-16(15)21)14-7-11-9-23-19(25-18(22)26)24-17(11)13-4-2-1-3-12(13)14/h1-6,8-9,14H,7H2,(H,23,24,25,26). The van der Waals surface area contributed by atoms with Gasteiger partial charge in [-0.15, -0.1) is 0 Å². The van der Waals surface area contributed by atoms with E-state index in [4.69, 9.17) is 23.2 Å². The fraction of sp³-hybridized carbons (Fsp3) is 0.105. The van der Waals surface area contributed by atoms with Crippen LogP contribution in [-0.4, -0.2) is 13.9 Å². The monoisotopic (exact) mass is 495 g/mol. The molecule has 0 fully saturated rings. The van der Waals surface area contributed by atoms with Crippen LogP contribution in [0.15, 0.2) is 48.7 Å². The van der Waals surface area contributed by atoms with E-state index in [1.54, 1.807) is 28.8 Å². The molecule has 3 aromatic rings. The van der Waals surface area contributed by atoms with Gasteiger partial charge < -0.3 is 0 Å². The number of amides is 1. The zero-order chi connectivity index (χ0) is 18.3. The van der Waals surface area contributed by atoms with E-state index in [9.17, 15) is 4.79 Å². The van der Waals surface area contributed by atoms with E-state index in [-0.39, 0.29) is 9.83 Å². The predicted molar refractivity (Wildman–Crippen MR) is 113 cm³/mol. The van der Waals surface area contributed by atoms with Gasteiger partial charge in [0.15, 0.2) is 0 Å². The maximum atomic E-state index is 11.3. The minimum atomic E-state index is -0.222. The summed E-state index contributed by atoms with van der Waals surface area (Å²) >= 11 is 14.0. The summed E-state index contributed by atoms with van der Waals surface area (Å²) in [6.07, 6.45) is 2.54. The first-order valence-corrected chi connectivity index (χ1v) is 9.73. The molecule has 7 heteroatoms. The highest BCUT2D eigenvalue weighted by Crippen LogP contribution is 2.42. The van der Waals surface area contributed by atoms with E-state index in [0.717, 1.165) is 28.8 Å². The first-order valence-electron chi connectivity index (χ1n) is 7.89. The van der Waals surface area contributed by atoms with Crippen molar-refractivity contribution in [1.82, 2.24) is 9.97 Å². The molecule has 0 saturated carbocycles. The van der Waals surface area contributed by atoms with E-state index in [1.165, 1.54) is 5.56 Å². The number of anilines is 1. The Morgan fingerprint density at radius 3 is 2.73 bits per heavy atom. The molecule has 1 amide bonds. The summed E-state index contributed by atoms with van der Waals surface area (Å²) in [5.41, 5.74) is 5.19. The van der Waals surface area contributed by atoms with Gasteiger partial charge in [-0.25, -0.2) is 9.97 Å². The minimum Gasteiger partial charge on any atom is -0.286 e. The second-order valence-corrected chi connectivity index (χ2v) is 7.78. The summed E-state index contributed by atoms with van der Waals surface area (Å²) in [5, 5.41) is 3.72. The molecule has 1 aliphatic carbocycles. The molecule has 130 valence electrons. The lowest BCUT2D eigenvalue weighted by atomic mass is 9.78. The topological polar surface area (TPSA) is 54.9 Å². The number of fused-ring (bicyclic) bond motifs is 3. The average Bonchev–Trinajstić information content (AvgIpc) is 2.63. The minimum absolute atomic E-state index is 0.141. The van der Waals surface area contributed by atoms with Crippen LogP contribution in [0.2, 0.25) is 10.0 Å². The summed E-state index contributed by atoms with van der Waals surface area (Å²) in [6.45, 7) is 0. The molecule has 0 radical (unpaired) electrons. The first kappa shape index (κ1) is 17.7. The molecular formula is C19H12Cl2IN3O. The highest BCUT2D eigenvalue weighted by atomic mass is 127. The normalized spacial score (nSPS) is 15.1. The van der Waals surface area contributed by atoms with Gasteiger partial charge in [0.1, 0.15) is 0 Å². The third-order valence-electron chi connectivity index (χ3n) is 4.44. The maximum absolute atomic E-state index is 11.3. The van der Waals surface area contributed by atoms with E-state index >= 15 is 0 Å². The Bertz CT molecular complexity index is 1030. The Kier molecular flexibility index (Phi) is 4.86. The van der Waals surface area contributed by atoms with Crippen LogP contribution >= 0.6 is 45.8 Å². The molecule has 1 N–H and O–H groups in total. The zero-order valence-corrected chi connectivity index (χ0v) is 17.0. The van der Waals surface area contributed by atoms with Gasteiger partial charge >= 0.3 is 0 Å². The maximum Gasteiger partial charge on any atom is 0.287 e. The molecular weight excluding hydrogens is 484 g/mol. The summed E-state index contributed by atoms with van der Waals surface area (Å²) in [6, 6.07) is 13.9. The lowest BCUT2D eigenvalue weighted by molar-refractivity contribution is 0.271. The molecule has 0 spiro atoms. The number of carbonyl (C=O) groups is 1. The number of halogens is 3. The number of carbonyl (C=O) groups excluding carboxylic acids is 1. The highest BCUT2D eigenvalue weighted by molar-refractivity contribution is 14.1. The molecule has 26 heavy (non-hydrogen) atoms. The van der Waals surface area contributed by atoms with Crippen molar-refractivity contribution >= 4 is 55.7 Å². The van der Waals surface area contributed by atoms with Crippen LogP contribution in [0.1, 0.15) is 22.6 Å². The van der Waals surface area contributed by atoms with Crippen molar-refractivity contribution in [1.29, 1.82) is 0 Å². The smallest absolute Gasteiger partial charge is 0.286 e. The average molecular weight is 496 g/mol. The summed E-state index contributed by atoms with van der Waals surface area (Å²) < 4.78 is -0.222. The van der Waals surface area contributed by atoms with Gasteiger partial charge in [-0.05, 0) is 35.2 Å². The Labute approximate surface area is 174 Å². The molecule has 1 unspecified atom stereocenters. The third-order valence-corrected chi connectivity index (χ3v) is 5.44. The SMILES string of the molecule is O=C(I)Nc1ncc2c(n1)-c1ccccc1C(c1ccc(Cl)c(Cl)c1)C2. The van der Waals surface area contributed by atoms with Crippen molar-refractivity contribution in [3.8, 4) is 11.3 Å². The van der Waals surface area contributed by atoms with Crippen LogP contribution in [0.25, 0.3) is 11.3 Å². The van der Waals surface area contributed by atoms with E-state index in [0.29, 0.717) is 16.0 Å². The summed E-state index contributed by atoms with van der Waals surface area (Å²) in [7, 11) is 0. The molecule has 1 aromatic heterocycles. The molecule has 2 aromatic carbocycles. The molecule has 4 nitrogen and oxygen atoms in total. The van der Waals surface area contributed by atoms with Crippen LogP contribution in [0.4, 0.5) is 10.7 Å². The van der Waals surface area contributed by atoms with Crippen molar-refractivity contribution in [2.45, 2.75) is 12.3 Å². The molecule has 1 atom stereocenters. The third kappa shape index (κ3) is 3.31. The van der Waals surface area contributed by atoms with Crippen LogP contribution in [-0.2, 0) is 6.42 Å². The predicted octanol–water partition coefficient (Wildman–Crippen LogP) is 6.11. The molecule has 1 heterocycles. The quantitative estimate of drug-likeness (QED) is 0.265. The molecule has 0 aliphatic heterocycles. The first-order chi connectivity index (χ1) is 12.5. The van der Waals surface area contributed by atoms with E-state index < -0.39 is 0 Å². The van der Waals surface area contributed by atoms with Gasteiger partial charge in [-0.3, -0.25) is 10.1 Å². The van der Waals surface area contributed by atoms with Gasteiger partial charge in [0.05, 0.1) is 15.7 Å². The fourth-order valence-electron chi connectivity index (χ4n) is 3.31. The van der Waals surface area contributed by atoms with E-state index in [2.05, 4.69) is 21.4 Å². The van der Waals surface area contributed by atoms with Crippen molar-refractivity contribution in [3.05, 3.63) is 75.4 Å². The number of nitrogens with one attached hydrogen (secondary N) is 1. The van der Waals surface area contributed by atoms with Crippen molar-refractivity contribution in [2.24, 2.45) is 0 Å². The zero-order valence-electron chi connectivity index (χ0n) is 13.3. The van der Waals surface area contributed by atoms with Gasteiger partial charge in [0.2, 0.25) is 5.95 Å². The highest BCUT2D eigenvalue weighted by Gasteiger charge is 2.27. The molecule has 1 aliphatic rings. The molecule has 4 rings (SSSR count). The number of rotatable bonds is 2. The van der Waals surface area contributed by atoms with Crippen LogP contribution in [0.3, 0.4) is 0 Å². The second kappa shape index (κ2) is 7.13. The van der Waals surface area contributed by atoms with Crippen molar-refractivity contribution in [2.75, 3.05) is 5.32 Å². The van der Waals surface area contributed by atoms with Crippen LogP contribution in [0, 0.1) is 0 Å². The number of hydrogen-bond donors (Lipinski definition) is 1. The van der Waals surface area contributed by atoms with Gasteiger partial charge in [0, 0.05) is 40.3 Å². The van der Waals surface area contributed by atoms with Crippen molar-refractivity contribution < 1.29 is 4.79 Å². The van der Waals surface area contributed by atoms with Gasteiger partial charge in [-0.2, -0.15) is 0 Å². The van der Waals surface area contributed by atoms with Crippen LogP contribution in [0.5, 0.6) is 0 Å². The number of hydrogen-bond acceptors (Lipinski definition) is 3. The summed E-state index contributed by atoms with van der Waals surface area (Å²) in [4.78, 5) is 20.1. The fourth-order valence-corrected chi connectivity index (χ4v) is 3.86. The number of aromatic nitrogens is 2. The van der Waals surface area contributed by atoms with Gasteiger partial charge in [-0.1, -0.05) is 53.5 Å². The Hall–Kier alpha value is -1.70. The largest absolute Gasteiger partial charge is 0.287 e. The van der Waals surface area contributed by atoms with E-state index in [1.807, 2.05) is 36.4 Å². The Balaban J connectivity index is 1.83.